The molecule has 0 aliphatic heterocycles. The van der Waals surface area contributed by atoms with Crippen molar-refractivity contribution in [3.05, 3.63) is 59.7 Å². The summed E-state index contributed by atoms with van der Waals surface area (Å²) in [6.07, 6.45) is -0.589. The molecule has 0 saturated carbocycles. The fourth-order valence-corrected chi connectivity index (χ4v) is 1.91. The zero-order valence-corrected chi connectivity index (χ0v) is 11.6. The molecule has 0 heterocycles. The molecule has 0 fully saturated rings. The number of benzene rings is 2. The predicted molar refractivity (Wildman–Crippen MR) is 77.9 cm³/mol. The quantitative estimate of drug-likeness (QED) is 0.755. The van der Waals surface area contributed by atoms with E-state index in [2.05, 4.69) is 5.32 Å². The topological polar surface area (TPSA) is 78.8 Å². The van der Waals surface area contributed by atoms with Crippen molar-refractivity contribution in [3.8, 4) is 11.5 Å². The van der Waals surface area contributed by atoms with Gasteiger partial charge in [0.05, 0.1) is 6.04 Å². The summed E-state index contributed by atoms with van der Waals surface area (Å²) in [7, 11) is 0. The van der Waals surface area contributed by atoms with Gasteiger partial charge in [0, 0.05) is 5.56 Å². The van der Waals surface area contributed by atoms with Crippen molar-refractivity contribution >= 4 is 6.09 Å². The van der Waals surface area contributed by atoms with E-state index in [0.717, 1.165) is 5.56 Å². The van der Waals surface area contributed by atoms with Crippen molar-refractivity contribution in [1.82, 2.24) is 5.32 Å². The van der Waals surface area contributed by atoms with E-state index in [1.807, 2.05) is 30.3 Å². The first-order valence-corrected chi connectivity index (χ1v) is 6.55. The maximum Gasteiger partial charge on any atom is 0.407 e. The van der Waals surface area contributed by atoms with E-state index in [0.29, 0.717) is 5.56 Å². The number of phenols is 2. The van der Waals surface area contributed by atoms with Crippen LogP contribution < -0.4 is 5.32 Å². The number of alkyl carbamates (subject to hydrolysis) is 1. The molecule has 1 unspecified atom stereocenters. The van der Waals surface area contributed by atoms with Gasteiger partial charge >= 0.3 is 6.09 Å². The Bertz CT molecular complexity index is 613. The Morgan fingerprint density at radius 3 is 2.62 bits per heavy atom. The standard InChI is InChI=1S/C16H17NO4/c1-11(14-9-13(18)7-8-15(14)19)17-16(20)21-10-12-5-3-2-4-6-12/h2-9,11,18-19H,10H2,1H3,(H,17,20). The molecule has 1 amide bonds. The molecule has 21 heavy (non-hydrogen) atoms. The van der Waals surface area contributed by atoms with Gasteiger partial charge in [0.1, 0.15) is 18.1 Å². The van der Waals surface area contributed by atoms with Crippen LogP contribution in [0.4, 0.5) is 4.79 Å². The third-order valence-electron chi connectivity index (χ3n) is 3.02. The lowest BCUT2D eigenvalue weighted by molar-refractivity contribution is 0.136. The van der Waals surface area contributed by atoms with Crippen molar-refractivity contribution in [3.63, 3.8) is 0 Å². The average Bonchev–Trinajstić information content (AvgIpc) is 2.48. The highest BCUT2D eigenvalue weighted by Gasteiger charge is 2.14. The highest BCUT2D eigenvalue weighted by Crippen LogP contribution is 2.27. The van der Waals surface area contributed by atoms with Crippen LogP contribution in [0.5, 0.6) is 11.5 Å². The van der Waals surface area contributed by atoms with Gasteiger partial charge in [0.2, 0.25) is 0 Å². The van der Waals surface area contributed by atoms with Crippen LogP contribution in [0.15, 0.2) is 48.5 Å². The summed E-state index contributed by atoms with van der Waals surface area (Å²) in [6.45, 7) is 1.86. The highest BCUT2D eigenvalue weighted by molar-refractivity contribution is 5.68. The van der Waals surface area contributed by atoms with Gasteiger partial charge in [-0.25, -0.2) is 4.79 Å². The van der Waals surface area contributed by atoms with Crippen LogP contribution in [0.25, 0.3) is 0 Å². The predicted octanol–water partition coefficient (Wildman–Crippen LogP) is 3.09. The number of carbonyl (C=O) groups is 1. The van der Waals surface area contributed by atoms with Crippen LogP contribution in [0.3, 0.4) is 0 Å². The molecule has 1 atom stereocenters. The van der Waals surface area contributed by atoms with Gasteiger partial charge in [-0.3, -0.25) is 0 Å². The number of aromatic hydroxyl groups is 2. The third kappa shape index (κ3) is 4.14. The van der Waals surface area contributed by atoms with Gasteiger partial charge in [-0.15, -0.1) is 0 Å². The molecule has 2 aromatic carbocycles. The van der Waals surface area contributed by atoms with E-state index >= 15 is 0 Å². The second kappa shape index (κ2) is 6.65. The Hall–Kier alpha value is -2.69. The third-order valence-corrected chi connectivity index (χ3v) is 3.02. The molecule has 5 nitrogen and oxygen atoms in total. The van der Waals surface area contributed by atoms with Gasteiger partial charge < -0.3 is 20.3 Å². The number of ether oxygens (including phenoxy) is 1. The highest BCUT2D eigenvalue weighted by atomic mass is 16.5. The summed E-state index contributed by atoms with van der Waals surface area (Å²) in [4.78, 5) is 11.7. The zero-order valence-electron chi connectivity index (χ0n) is 11.6. The maximum atomic E-state index is 11.7. The minimum atomic E-state index is -0.589. The summed E-state index contributed by atoms with van der Waals surface area (Å²) >= 11 is 0. The summed E-state index contributed by atoms with van der Waals surface area (Å²) in [6, 6.07) is 13.0. The monoisotopic (exact) mass is 287 g/mol. The molecule has 0 aliphatic rings. The van der Waals surface area contributed by atoms with E-state index in [4.69, 9.17) is 4.74 Å². The Morgan fingerprint density at radius 2 is 1.90 bits per heavy atom. The molecular formula is C16H17NO4. The maximum absolute atomic E-state index is 11.7. The number of rotatable bonds is 4. The second-order valence-corrected chi connectivity index (χ2v) is 4.67. The molecule has 2 rings (SSSR count). The average molecular weight is 287 g/mol. The Labute approximate surface area is 122 Å². The van der Waals surface area contributed by atoms with Crippen molar-refractivity contribution in [2.75, 3.05) is 0 Å². The number of hydrogen-bond donors (Lipinski definition) is 3. The van der Waals surface area contributed by atoms with Crippen LogP contribution >= 0.6 is 0 Å². The number of phenolic OH excluding ortho intramolecular Hbond substituents is 2. The van der Waals surface area contributed by atoms with Gasteiger partial charge in [-0.2, -0.15) is 0 Å². The number of hydrogen-bond acceptors (Lipinski definition) is 4. The first kappa shape index (κ1) is 14.7. The van der Waals surface area contributed by atoms with Crippen molar-refractivity contribution in [1.29, 1.82) is 0 Å². The van der Waals surface area contributed by atoms with Crippen molar-refractivity contribution < 1.29 is 19.7 Å². The second-order valence-electron chi connectivity index (χ2n) is 4.67. The summed E-state index contributed by atoms with van der Waals surface area (Å²) in [5.41, 5.74) is 1.31. The first-order valence-electron chi connectivity index (χ1n) is 6.55. The molecule has 0 aromatic heterocycles. The summed E-state index contributed by atoms with van der Waals surface area (Å²) < 4.78 is 5.10. The molecule has 3 N–H and O–H groups in total. The van der Waals surface area contributed by atoms with Crippen LogP contribution in [0.1, 0.15) is 24.1 Å². The van der Waals surface area contributed by atoms with Crippen molar-refractivity contribution in [2.45, 2.75) is 19.6 Å². The molecule has 0 bridgehead atoms. The SMILES string of the molecule is CC(NC(=O)OCc1ccccc1)c1cc(O)ccc1O. The largest absolute Gasteiger partial charge is 0.508 e. The van der Waals surface area contributed by atoms with Gasteiger partial charge in [0.15, 0.2) is 0 Å². The van der Waals surface area contributed by atoms with Crippen LogP contribution in [-0.4, -0.2) is 16.3 Å². The summed E-state index contributed by atoms with van der Waals surface area (Å²) in [5, 5.41) is 21.7. The van der Waals surface area contributed by atoms with Crippen LogP contribution in [0, 0.1) is 0 Å². The number of amides is 1. The first-order chi connectivity index (χ1) is 10.1. The van der Waals surface area contributed by atoms with Gasteiger partial charge in [0.25, 0.3) is 0 Å². The van der Waals surface area contributed by atoms with E-state index < -0.39 is 12.1 Å². The Morgan fingerprint density at radius 1 is 1.19 bits per heavy atom. The fraction of sp³-hybridized carbons (Fsp3) is 0.188. The minimum Gasteiger partial charge on any atom is -0.508 e. The molecule has 0 aliphatic carbocycles. The molecule has 2 aromatic rings. The van der Waals surface area contributed by atoms with Gasteiger partial charge in [-0.05, 0) is 30.7 Å². The number of carbonyl (C=O) groups excluding carboxylic acids is 1. The van der Waals surface area contributed by atoms with E-state index in [1.165, 1.54) is 18.2 Å². The zero-order chi connectivity index (χ0) is 15.2. The Kier molecular flexibility index (Phi) is 4.66. The van der Waals surface area contributed by atoms with Crippen molar-refractivity contribution in [2.24, 2.45) is 0 Å². The lowest BCUT2D eigenvalue weighted by Gasteiger charge is -2.16. The molecule has 0 spiro atoms. The van der Waals surface area contributed by atoms with E-state index in [1.54, 1.807) is 6.92 Å². The molecule has 0 radical (unpaired) electrons. The van der Waals surface area contributed by atoms with Crippen LogP contribution in [0.2, 0.25) is 0 Å². The molecular weight excluding hydrogens is 270 g/mol. The lowest BCUT2D eigenvalue weighted by atomic mass is 10.1. The minimum absolute atomic E-state index is 0.00339. The Balaban J connectivity index is 1.91. The molecule has 110 valence electrons. The van der Waals surface area contributed by atoms with Gasteiger partial charge in [-0.1, -0.05) is 30.3 Å². The van der Waals surface area contributed by atoms with E-state index in [9.17, 15) is 15.0 Å². The van der Waals surface area contributed by atoms with Crippen LogP contribution in [-0.2, 0) is 11.3 Å². The normalized spacial score (nSPS) is 11.7. The summed E-state index contributed by atoms with van der Waals surface area (Å²) in [5.74, 6) is 0.0257. The lowest BCUT2D eigenvalue weighted by Crippen LogP contribution is -2.27. The molecule has 0 saturated heterocycles. The fourth-order valence-electron chi connectivity index (χ4n) is 1.91. The smallest absolute Gasteiger partial charge is 0.407 e. The van der Waals surface area contributed by atoms with E-state index in [-0.39, 0.29) is 18.1 Å². The molecule has 5 heteroatoms. The number of nitrogens with one attached hydrogen (secondary N) is 1.